The van der Waals surface area contributed by atoms with Gasteiger partial charge in [0.25, 0.3) is 0 Å². The normalized spacial score (nSPS) is 21.1. The number of carbonyl (C=O) groups is 4. The van der Waals surface area contributed by atoms with E-state index in [0.29, 0.717) is 25.7 Å². The lowest BCUT2D eigenvalue weighted by Gasteiger charge is -2.48. The molecule has 0 aromatic heterocycles. The Hall–Kier alpha value is -3.70. The number of hydrogen-bond donors (Lipinski definition) is 2. The summed E-state index contributed by atoms with van der Waals surface area (Å²) in [5.74, 6) is -1.36. The third-order valence-electron chi connectivity index (χ3n) is 19.1. The Bertz CT molecular complexity index is 2420. The molecule has 0 spiro atoms. The van der Waals surface area contributed by atoms with Crippen molar-refractivity contribution in [3.8, 4) is 0 Å². The van der Waals surface area contributed by atoms with Crippen molar-refractivity contribution in [3.05, 3.63) is 75.4 Å². The zero-order chi connectivity index (χ0) is 78.3. The lowest BCUT2D eigenvalue weighted by Crippen LogP contribution is -2.68. The summed E-state index contributed by atoms with van der Waals surface area (Å²) in [6, 6.07) is -2.71. The van der Waals surface area contributed by atoms with E-state index in [4.69, 9.17) is 65.3 Å². The van der Waals surface area contributed by atoms with Crippen LogP contribution in [-0.4, -0.2) is 164 Å². The SMILES string of the molecule is C=CCCP(=O)(OCC=C)O[C@H]1O[C@H](CO[C@@H]2O[C@H](COC)[C@@H](OP(=O)(OCC=C)OCC=C)[C@H](OCC[C@@H](CCCCCCC)OC)[C@H]2NC(=O)CCCCCCCCC/C=C\CCCCCC)[C@@H](OC(=O)OCC=C)[C@H](OCCCCCCCCCC)[C@H]1NC(=O)CC(=O)CCCCCCCCCCC. The molecule has 620 valence electrons. The van der Waals surface area contributed by atoms with E-state index in [0.717, 1.165) is 161 Å². The van der Waals surface area contributed by atoms with Gasteiger partial charge in [0.15, 0.2) is 18.7 Å². The van der Waals surface area contributed by atoms with Gasteiger partial charge in [0.2, 0.25) is 11.8 Å². The number of rotatable bonds is 74. The van der Waals surface area contributed by atoms with E-state index in [9.17, 15) is 23.7 Å². The second-order valence-electron chi connectivity index (χ2n) is 28.4. The zero-order valence-corrected chi connectivity index (χ0v) is 69.1. The van der Waals surface area contributed by atoms with Gasteiger partial charge in [-0.25, -0.2) is 9.36 Å². The van der Waals surface area contributed by atoms with Crippen molar-refractivity contribution in [3.63, 3.8) is 0 Å². The first-order valence-corrected chi connectivity index (χ1v) is 44.6. The number of ketones is 1. The van der Waals surface area contributed by atoms with Crippen LogP contribution in [0.5, 0.6) is 0 Å². The Labute approximate surface area is 647 Å². The van der Waals surface area contributed by atoms with E-state index in [2.05, 4.69) is 83.4 Å². The third kappa shape index (κ3) is 46.8. The highest BCUT2D eigenvalue weighted by Gasteiger charge is 2.55. The minimum Gasteiger partial charge on any atom is -0.430 e. The molecule has 22 nitrogen and oxygen atoms in total. The van der Waals surface area contributed by atoms with Gasteiger partial charge < -0.3 is 57.8 Å². The van der Waals surface area contributed by atoms with Gasteiger partial charge in [-0.3, -0.25) is 37.0 Å². The molecule has 2 saturated heterocycles. The van der Waals surface area contributed by atoms with E-state index < -0.39 is 102 Å². The zero-order valence-electron chi connectivity index (χ0n) is 67.3. The molecule has 2 fully saturated rings. The van der Waals surface area contributed by atoms with Gasteiger partial charge in [-0.05, 0) is 64.2 Å². The van der Waals surface area contributed by atoms with Crippen LogP contribution in [0.3, 0.4) is 0 Å². The van der Waals surface area contributed by atoms with Gasteiger partial charge in [-0.2, -0.15) is 0 Å². The molecule has 2 amide bonds. The van der Waals surface area contributed by atoms with Gasteiger partial charge in [-0.15, -0.1) is 26.3 Å². The minimum absolute atomic E-state index is 0.0562. The molecular formula is C83H148N2O20P2. The summed E-state index contributed by atoms with van der Waals surface area (Å²) in [5, 5.41) is 6.14. The maximum absolute atomic E-state index is 15.1. The average Bonchev–Trinajstić information content (AvgIpc) is 0.776. The van der Waals surface area contributed by atoms with Crippen molar-refractivity contribution >= 4 is 39.2 Å². The highest BCUT2D eigenvalue weighted by molar-refractivity contribution is 7.53. The van der Waals surface area contributed by atoms with Crippen LogP contribution in [-0.2, 0) is 88.8 Å². The van der Waals surface area contributed by atoms with E-state index in [1.54, 1.807) is 13.2 Å². The number of nitrogens with one attached hydrogen (secondary N) is 2. The average molecular weight is 1560 g/mol. The van der Waals surface area contributed by atoms with Crippen molar-refractivity contribution in [1.29, 1.82) is 0 Å². The molecule has 0 aromatic carbocycles. The molecule has 0 aromatic rings. The van der Waals surface area contributed by atoms with Gasteiger partial charge >= 0.3 is 21.6 Å². The molecule has 2 aliphatic heterocycles. The van der Waals surface area contributed by atoms with Crippen LogP contribution in [0, 0.1) is 0 Å². The molecule has 24 heteroatoms. The van der Waals surface area contributed by atoms with Crippen LogP contribution in [0.2, 0.25) is 0 Å². The molecule has 107 heavy (non-hydrogen) atoms. The number of phosphoric acid groups is 1. The summed E-state index contributed by atoms with van der Waals surface area (Å²) in [7, 11) is -5.67. The number of hydrogen-bond acceptors (Lipinski definition) is 20. The first-order chi connectivity index (χ1) is 52.1. The van der Waals surface area contributed by atoms with Crippen LogP contribution in [0.15, 0.2) is 75.4 Å². The Balaban J connectivity index is 2.92. The predicted molar refractivity (Wildman–Crippen MR) is 427 cm³/mol. The third-order valence-corrected chi connectivity index (χ3v) is 22.4. The van der Waals surface area contributed by atoms with Crippen LogP contribution in [0.4, 0.5) is 4.79 Å². The van der Waals surface area contributed by atoms with Crippen LogP contribution in [0.1, 0.15) is 291 Å². The fourth-order valence-electron chi connectivity index (χ4n) is 13.1. The van der Waals surface area contributed by atoms with Gasteiger partial charge in [0, 0.05) is 40.3 Å². The minimum atomic E-state index is -4.55. The molecule has 0 saturated carbocycles. The van der Waals surface area contributed by atoms with Crippen LogP contribution >= 0.6 is 15.4 Å². The largest absolute Gasteiger partial charge is 0.509 e. The highest BCUT2D eigenvalue weighted by atomic mass is 31.2. The number of allylic oxidation sites excluding steroid dienone is 3. The van der Waals surface area contributed by atoms with Gasteiger partial charge in [0.05, 0.1) is 51.7 Å². The Morgan fingerprint density at radius 3 is 1.47 bits per heavy atom. The molecule has 0 aliphatic carbocycles. The molecule has 2 aliphatic rings. The number of phosphoric ester groups is 1. The number of carbonyl (C=O) groups excluding carboxylic acids is 4. The quantitative estimate of drug-likeness (QED) is 0.0189. The first-order valence-electron chi connectivity index (χ1n) is 41.4. The summed E-state index contributed by atoms with van der Waals surface area (Å²) in [6.07, 6.45) is 36.5. The van der Waals surface area contributed by atoms with E-state index in [-0.39, 0.29) is 89.5 Å². The van der Waals surface area contributed by atoms with Crippen LogP contribution in [0.25, 0.3) is 0 Å². The molecule has 2 rings (SSSR count). The molecule has 2 heterocycles. The Morgan fingerprint density at radius 1 is 0.449 bits per heavy atom. The highest BCUT2D eigenvalue weighted by Crippen LogP contribution is 2.54. The van der Waals surface area contributed by atoms with E-state index in [1.807, 2.05) is 0 Å². The standard InChI is InChI=1S/C83H148N2O20P2/c1-12-21-26-30-33-36-37-38-39-40-41-43-45-49-53-57-73(87)84-75-80(95-64-58-70(93-11)56-52-47-29-24-15-4)78(104-107(91,99-61-19-8)100-62-20-9)71(67-92-10)101-81(75)97-68-72-77(103-83(89)96-59-17-6)79(94-63-54-50-46-35-32-28-23-14-3)76(82(102-72)105-106(90,65-25-16-5)98-60-18-7)85-74(88)66-69(86)55-51-48-44-42-34-31-27-22-13-2/h16-20,36-37,70-72,75-82H,5-9,12-15,21-35,38-68H2,1-4,10-11H3,(H,84,87)(H,85,88)/b37-36-/t70-,71-,72-,75-,76-,77-,78-,79-,80-,81-,82-,106?/m1/s1. The van der Waals surface area contributed by atoms with Crippen molar-refractivity contribution in [1.82, 2.24) is 10.6 Å². The van der Waals surface area contributed by atoms with Crippen molar-refractivity contribution < 1.29 is 93.6 Å². The van der Waals surface area contributed by atoms with E-state index >= 15 is 4.57 Å². The number of unbranched alkanes of at least 4 members (excludes halogenated alkanes) is 30. The topological polar surface area (TPSA) is 256 Å². The molecule has 12 atom stereocenters. The lowest BCUT2D eigenvalue weighted by atomic mass is 9.95. The summed E-state index contributed by atoms with van der Waals surface area (Å²) in [4.78, 5) is 57.1. The Morgan fingerprint density at radius 2 is 0.916 bits per heavy atom. The summed E-state index contributed by atoms with van der Waals surface area (Å²) < 4.78 is 119. The first kappa shape index (κ1) is 99.4. The van der Waals surface area contributed by atoms with Gasteiger partial charge in [-0.1, -0.05) is 257 Å². The Kier molecular flexibility index (Phi) is 61.1. The number of amides is 2. The predicted octanol–water partition coefficient (Wildman–Crippen LogP) is 20.3. The second-order valence-corrected chi connectivity index (χ2v) is 32.2. The number of methoxy groups -OCH3 is 2. The fraction of sp³-hybridized carbons (Fsp3) is 0.807. The molecular weight excluding hydrogens is 1410 g/mol. The second kappa shape index (κ2) is 65.8. The summed E-state index contributed by atoms with van der Waals surface area (Å²) in [5.41, 5.74) is 0. The monoisotopic (exact) mass is 1560 g/mol. The molecule has 2 N–H and O–H groups in total. The van der Waals surface area contributed by atoms with Crippen molar-refractivity contribution in [2.45, 2.75) is 358 Å². The molecule has 0 bridgehead atoms. The van der Waals surface area contributed by atoms with Gasteiger partial charge in [0.1, 0.15) is 55.0 Å². The van der Waals surface area contributed by atoms with E-state index in [1.165, 1.54) is 82.8 Å². The maximum atomic E-state index is 15.1. The number of Topliss-reactive ketones (excluding diaryl/α,β-unsaturated/α-hetero) is 1. The van der Waals surface area contributed by atoms with Crippen LogP contribution < -0.4 is 10.6 Å². The fourth-order valence-corrected chi connectivity index (χ4v) is 16.0. The molecule has 1 unspecified atom stereocenters. The number of ether oxygens (including phenoxy) is 9. The maximum Gasteiger partial charge on any atom is 0.509 e. The van der Waals surface area contributed by atoms with Crippen molar-refractivity contribution in [2.75, 3.05) is 73.2 Å². The lowest BCUT2D eigenvalue weighted by molar-refractivity contribution is -0.301. The molecule has 0 radical (unpaired) electrons. The smallest absolute Gasteiger partial charge is 0.430 e. The summed E-state index contributed by atoms with van der Waals surface area (Å²) >= 11 is 0. The summed E-state index contributed by atoms with van der Waals surface area (Å²) in [6.45, 7) is 26.1. The van der Waals surface area contributed by atoms with Crippen molar-refractivity contribution in [2.24, 2.45) is 0 Å².